The van der Waals surface area contributed by atoms with E-state index < -0.39 is 12.0 Å². The molecular weight excluding hydrogens is 462 g/mol. The summed E-state index contributed by atoms with van der Waals surface area (Å²) in [7, 11) is 2.09. The number of ether oxygens (including phenoxy) is 2. The van der Waals surface area contributed by atoms with Crippen LogP contribution in [0.5, 0.6) is 23.3 Å². The predicted molar refractivity (Wildman–Crippen MR) is 135 cm³/mol. The summed E-state index contributed by atoms with van der Waals surface area (Å²) in [5.74, 6) is 0.0593. The molecule has 4 rings (SSSR count). The van der Waals surface area contributed by atoms with Gasteiger partial charge in [-0.3, -0.25) is 10.1 Å². The monoisotopic (exact) mass is 489 g/mol. The quantitative estimate of drug-likeness (QED) is 0.419. The molecule has 10 nitrogen and oxygen atoms in total. The molecule has 2 amide bonds. The van der Waals surface area contributed by atoms with Gasteiger partial charge >= 0.3 is 6.09 Å². The Balaban J connectivity index is 1.61. The number of carbonyl (C=O) groups is 2. The number of nitrogens with zero attached hydrogens (tertiary/aromatic N) is 3. The summed E-state index contributed by atoms with van der Waals surface area (Å²) < 4.78 is 11.8. The molecule has 2 aromatic carbocycles. The number of hydrogen-bond acceptors (Lipinski definition) is 7. The van der Waals surface area contributed by atoms with Gasteiger partial charge in [-0.2, -0.15) is 4.98 Å². The van der Waals surface area contributed by atoms with Gasteiger partial charge in [0.25, 0.3) is 11.8 Å². The molecule has 186 valence electrons. The Morgan fingerprint density at radius 3 is 2.47 bits per heavy atom. The largest absolute Gasteiger partial charge is 0.465 e. The van der Waals surface area contributed by atoms with Crippen molar-refractivity contribution in [3.05, 3.63) is 71.6 Å². The first-order valence-electron chi connectivity index (χ1n) is 11.5. The van der Waals surface area contributed by atoms with Crippen molar-refractivity contribution in [2.24, 2.45) is 5.73 Å². The van der Waals surface area contributed by atoms with Crippen molar-refractivity contribution >= 4 is 23.3 Å². The fourth-order valence-corrected chi connectivity index (χ4v) is 3.74. The van der Waals surface area contributed by atoms with Crippen LogP contribution in [-0.2, 0) is 6.42 Å². The summed E-state index contributed by atoms with van der Waals surface area (Å²) >= 11 is 0. The number of rotatable bonds is 8. The van der Waals surface area contributed by atoms with Crippen LogP contribution in [-0.4, -0.2) is 52.1 Å². The van der Waals surface area contributed by atoms with Crippen LogP contribution in [0.2, 0.25) is 0 Å². The highest BCUT2D eigenvalue weighted by molar-refractivity contribution is 5.93. The molecule has 0 unspecified atom stereocenters. The predicted octanol–water partition coefficient (Wildman–Crippen LogP) is 4.53. The minimum absolute atomic E-state index is 0.0826. The lowest BCUT2D eigenvalue weighted by atomic mass is 10.00. The zero-order chi connectivity index (χ0) is 25.7. The van der Waals surface area contributed by atoms with Gasteiger partial charge < -0.3 is 25.2 Å². The van der Waals surface area contributed by atoms with Gasteiger partial charge in [-0.05, 0) is 55.3 Å². The highest BCUT2D eigenvalue weighted by Gasteiger charge is 2.21. The van der Waals surface area contributed by atoms with Gasteiger partial charge in [-0.15, -0.1) is 0 Å². The van der Waals surface area contributed by atoms with Crippen molar-refractivity contribution in [2.75, 3.05) is 25.5 Å². The van der Waals surface area contributed by atoms with Gasteiger partial charge in [0.15, 0.2) is 5.69 Å². The third-order valence-electron chi connectivity index (χ3n) is 5.62. The summed E-state index contributed by atoms with van der Waals surface area (Å²) in [6.45, 7) is 3.75. The number of amides is 2. The van der Waals surface area contributed by atoms with Crippen LogP contribution >= 0.6 is 0 Å². The minimum atomic E-state index is -1.19. The van der Waals surface area contributed by atoms with Crippen molar-refractivity contribution in [2.45, 2.75) is 19.8 Å². The lowest BCUT2D eigenvalue weighted by Gasteiger charge is -2.22. The standard InChI is InChI=1S/C26H27N5O5/c1-3-21-24(36-20-6-4-5-18(15-20)28-26(33)34)30-25(22(29-21)23(27)32)35-19-9-7-16(8-10-19)17-11-13-31(2)14-12-17/h4-11,15,28H,3,12-14H2,1-2H3,(H2,27,32)(H,33,34). The molecule has 0 saturated heterocycles. The van der Waals surface area contributed by atoms with E-state index in [1.807, 2.05) is 19.1 Å². The summed E-state index contributed by atoms with van der Waals surface area (Å²) in [6.07, 6.45) is 2.40. The van der Waals surface area contributed by atoms with E-state index in [0.29, 0.717) is 29.3 Å². The highest BCUT2D eigenvalue weighted by atomic mass is 16.5. The van der Waals surface area contributed by atoms with Gasteiger partial charge in [0.1, 0.15) is 17.2 Å². The van der Waals surface area contributed by atoms with Gasteiger partial charge in [-0.25, -0.2) is 9.78 Å². The Bertz CT molecular complexity index is 1310. The van der Waals surface area contributed by atoms with Gasteiger partial charge in [-0.1, -0.05) is 31.2 Å². The van der Waals surface area contributed by atoms with Crippen LogP contribution in [0.15, 0.2) is 54.6 Å². The number of aromatic nitrogens is 2. The van der Waals surface area contributed by atoms with Crippen molar-refractivity contribution in [1.82, 2.24) is 14.9 Å². The smallest absolute Gasteiger partial charge is 0.409 e. The van der Waals surface area contributed by atoms with E-state index in [9.17, 15) is 9.59 Å². The number of carbonyl (C=O) groups excluding carboxylic acids is 1. The number of benzene rings is 2. The van der Waals surface area contributed by atoms with Crippen LogP contribution in [0.1, 0.15) is 35.1 Å². The molecule has 0 spiro atoms. The number of aryl methyl sites for hydroxylation is 1. The Labute approximate surface area is 208 Å². The first-order chi connectivity index (χ1) is 17.3. The van der Waals surface area contributed by atoms with Crippen LogP contribution in [0, 0.1) is 0 Å². The second kappa shape index (κ2) is 10.9. The summed E-state index contributed by atoms with van der Waals surface area (Å²) in [6, 6.07) is 13.9. The molecular formula is C26H27N5O5. The molecule has 0 saturated carbocycles. The average molecular weight is 490 g/mol. The zero-order valence-electron chi connectivity index (χ0n) is 20.0. The van der Waals surface area contributed by atoms with E-state index in [-0.39, 0.29) is 17.5 Å². The van der Waals surface area contributed by atoms with Gasteiger partial charge in [0.2, 0.25) is 5.88 Å². The topological polar surface area (TPSA) is 140 Å². The van der Waals surface area contributed by atoms with Crippen LogP contribution in [0.25, 0.3) is 5.57 Å². The first kappa shape index (κ1) is 24.7. The Morgan fingerprint density at radius 1 is 1.08 bits per heavy atom. The van der Waals surface area contributed by atoms with Crippen molar-refractivity contribution in [3.63, 3.8) is 0 Å². The normalized spacial score (nSPS) is 13.6. The van der Waals surface area contributed by atoms with Crippen LogP contribution in [0.4, 0.5) is 10.5 Å². The van der Waals surface area contributed by atoms with E-state index in [1.54, 1.807) is 30.3 Å². The molecule has 0 radical (unpaired) electrons. The van der Waals surface area contributed by atoms with Crippen LogP contribution in [0.3, 0.4) is 0 Å². The van der Waals surface area contributed by atoms with Crippen molar-refractivity contribution in [1.29, 1.82) is 0 Å². The SMILES string of the molecule is CCc1nc(C(N)=O)c(Oc2ccc(C3=CCN(C)CC3)cc2)nc1Oc1cccc(NC(=O)O)c1. The Kier molecular flexibility index (Phi) is 7.45. The molecule has 0 fully saturated rings. The van der Waals surface area contributed by atoms with E-state index in [0.717, 1.165) is 25.1 Å². The summed E-state index contributed by atoms with van der Waals surface area (Å²) in [5, 5.41) is 11.2. The first-order valence-corrected chi connectivity index (χ1v) is 11.5. The van der Waals surface area contributed by atoms with Gasteiger partial charge in [0, 0.05) is 24.8 Å². The van der Waals surface area contributed by atoms with E-state index >= 15 is 0 Å². The molecule has 2 heterocycles. The molecule has 4 N–H and O–H groups in total. The minimum Gasteiger partial charge on any atom is -0.465 e. The molecule has 0 bridgehead atoms. The summed E-state index contributed by atoms with van der Waals surface area (Å²) in [5.41, 5.74) is 8.56. The Hall–Kier alpha value is -4.44. The molecule has 1 aliphatic heterocycles. The summed E-state index contributed by atoms with van der Waals surface area (Å²) in [4.78, 5) is 34.1. The van der Waals surface area contributed by atoms with E-state index in [1.165, 1.54) is 11.6 Å². The number of nitrogens with two attached hydrogens (primary N) is 1. The second-order valence-corrected chi connectivity index (χ2v) is 8.28. The molecule has 0 aliphatic carbocycles. The van der Waals surface area contributed by atoms with Crippen molar-refractivity contribution in [3.8, 4) is 23.3 Å². The molecule has 10 heteroatoms. The lowest BCUT2D eigenvalue weighted by molar-refractivity contribution is 0.0992. The zero-order valence-corrected chi connectivity index (χ0v) is 20.0. The van der Waals surface area contributed by atoms with Crippen LogP contribution < -0.4 is 20.5 Å². The average Bonchev–Trinajstić information content (AvgIpc) is 2.85. The maximum atomic E-state index is 12.1. The van der Waals surface area contributed by atoms with E-state index in [4.69, 9.17) is 20.3 Å². The third kappa shape index (κ3) is 5.97. The molecule has 1 aromatic heterocycles. The maximum Gasteiger partial charge on any atom is 0.409 e. The molecule has 3 aromatic rings. The Morgan fingerprint density at radius 2 is 1.83 bits per heavy atom. The number of primary amides is 1. The second-order valence-electron chi connectivity index (χ2n) is 8.28. The number of likely N-dealkylation sites (N-methyl/N-ethyl adjacent to an activating group) is 1. The lowest BCUT2D eigenvalue weighted by Crippen LogP contribution is -2.23. The maximum absolute atomic E-state index is 12.1. The molecule has 36 heavy (non-hydrogen) atoms. The fourth-order valence-electron chi connectivity index (χ4n) is 3.74. The number of carboxylic acid groups (broad SMARTS) is 1. The highest BCUT2D eigenvalue weighted by Crippen LogP contribution is 2.31. The fraction of sp³-hybridized carbons (Fsp3) is 0.231. The molecule has 0 atom stereocenters. The molecule has 1 aliphatic rings. The van der Waals surface area contributed by atoms with Gasteiger partial charge in [0.05, 0.1) is 0 Å². The number of hydrogen-bond donors (Lipinski definition) is 3. The number of anilines is 1. The third-order valence-corrected chi connectivity index (χ3v) is 5.62. The number of nitrogens with one attached hydrogen (secondary N) is 1. The van der Waals surface area contributed by atoms with E-state index in [2.05, 4.69) is 33.3 Å². The van der Waals surface area contributed by atoms with Crippen molar-refractivity contribution < 1.29 is 24.2 Å².